The molecule has 5 nitrogen and oxygen atoms in total. The summed E-state index contributed by atoms with van der Waals surface area (Å²) in [4.78, 5) is 25.7. The average Bonchev–Trinajstić information content (AvgIpc) is 3.30. The molecule has 1 aliphatic carbocycles. The monoisotopic (exact) mass is 372 g/mol. The minimum absolute atomic E-state index is 0.0402. The summed E-state index contributed by atoms with van der Waals surface area (Å²) in [6, 6.07) is 11.4. The zero-order valence-corrected chi connectivity index (χ0v) is 15.7. The second-order valence-electron chi connectivity index (χ2n) is 6.50. The van der Waals surface area contributed by atoms with Crippen LogP contribution in [0.2, 0.25) is 0 Å². The first-order valence-corrected chi connectivity index (χ1v) is 9.79. The molecule has 0 saturated heterocycles. The number of benzene rings is 1. The first kappa shape index (κ1) is 18.5. The van der Waals surface area contributed by atoms with Crippen LogP contribution in [0, 0.1) is 6.92 Å². The van der Waals surface area contributed by atoms with Crippen LogP contribution in [0.1, 0.15) is 45.8 Å². The molecule has 1 aliphatic rings. The molecule has 1 saturated carbocycles. The smallest absolute Gasteiger partial charge is 0.261 e. The molecule has 6 heteroatoms. The Morgan fingerprint density at radius 1 is 1.12 bits per heavy atom. The van der Waals surface area contributed by atoms with E-state index in [-0.39, 0.29) is 24.5 Å². The summed E-state index contributed by atoms with van der Waals surface area (Å²) in [5.41, 5.74) is 0.952. The number of hydrogen-bond donors (Lipinski definition) is 2. The lowest BCUT2D eigenvalue weighted by Crippen LogP contribution is -2.36. The number of aryl methyl sites for hydroxylation is 1. The van der Waals surface area contributed by atoms with Crippen LogP contribution in [0.4, 0.5) is 0 Å². The lowest BCUT2D eigenvalue weighted by molar-refractivity contribution is -0.120. The number of nitrogens with one attached hydrogen (secondary N) is 2. The second-order valence-corrected chi connectivity index (χ2v) is 7.79. The fraction of sp³-hybridized carbons (Fsp3) is 0.400. The Balaban J connectivity index is 1.47. The van der Waals surface area contributed by atoms with Crippen molar-refractivity contribution in [3.63, 3.8) is 0 Å². The van der Waals surface area contributed by atoms with Crippen molar-refractivity contribution in [1.29, 1.82) is 0 Å². The second kappa shape index (κ2) is 8.85. The van der Waals surface area contributed by atoms with E-state index in [1.807, 2.05) is 37.3 Å². The Hall–Kier alpha value is -2.34. The highest BCUT2D eigenvalue weighted by Gasteiger charge is 2.18. The minimum Gasteiger partial charge on any atom is -0.490 e. The van der Waals surface area contributed by atoms with E-state index in [0.717, 1.165) is 29.0 Å². The number of rotatable bonds is 7. The summed E-state index contributed by atoms with van der Waals surface area (Å²) < 4.78 is 6.08. The third kappa shape index (κ3) is 5.08. The summed E-state index contributed by atoms with van der Waals surface area (Å²) in [5.74, 6) is 0.392. The van der Waals surface area contributed by atoms with Gasteiger partial charge in [0.15, 0.2) is 0 Å². The van der Waals surface area contributed by atoms with Gasteiger partial charge in [-0.3, -0.25) is 9.59 Å². The fourth-order valence-electron chi connectivity index (χ4n) is 3.01. The van der Waals surface area contributed by atoms with Crippen molar-refractivity contribution in [2.45, 2.75) is 45.3 Å². The Morgan fingerprint density at radius 3 is 2.62 bits per heavy atom. The summed E-state index contributed by atoms with van der Waals surface area (Å²) >= 11 is 1.41. The fourth-order valence-corrected chi connectivity index (χ4v) is 3.80. The van der Waals surface area contributed by atoms with Gasteiger partial charge in [-0.15, -0.1) is 11.3 Å². The Labute approximate surface area is 157 Å². The predicted molar refractivity (Wildman–Crippen MR) is 103 cm³/mol. The third-order valence-electron chi connectivity index (χ3n) is 4.42. The van der Waals surface area contributed by atoms with Gasteiger partial charge in [-0.25, -0.2) is 0 Å². The van der Waals surface area contributed by atoms with Gasteiger partial charge in [0.2, 0.25) is 5.91 Å². The van der Waals surface area contributed by atoms with Gasteiger partial charge in [-0.2, -0.15) is 0 Å². The van der Waals surface area contributed by atoms with Crippen molar-refractivity contribution >= 4 is 23.2 Å². The number of para-hydroxylation sites is 1. The van der Waals surface area contributed by atoms with Crippen LogP contribution in [0.3, 0.4) is 0 Å². The van der Waals surface area contributed by atoms with Crippen LogP contribution in [0.5, 0.6) is 5.75 Å². The molecule has 138 valence electrons. The number of ether oxygens (including phenoxy) is 1. The molecule has 1 fully saturated rings. The Bertz CT molecular complexity index is 766. The van der Waals surface area contributed by atoms with Gasteiger partial charge in [0.05, 0.1) is 17.5 Å². The molecule has 0 unspecified atom stereocenters. The molecule has 1 aromatic heterocycles. The van der Waals surface area contributed by atoms with Gasteiger partial charge in [0.25, 0.3) is 5.91 Å². The molecule has 1 heterocycles. The first-order valence-electron chi connectivity index (χ1n) is 8.98. The van der Waals surface area contributed by atoms with Crippen molar-refractivity contribution in [3.05, 3.63) is 51.7 Å². The van der Waals surface area contributed by atoms with Gasteiger partial charge in [0.1, 0.15) is 5.75 Å². The minimum atomic E-state index is -0.220. The number of carbonyl (C=O) groups excluding carboxylic acids is 2. The standard InChI is InChI=1S/C20H24N2O3S/c1-14-10-11-18(26-14)20(24)22-13-19(23)21-12-15-6-2-5-9-17(15)25-16-7-3-4-8-16/h2,5-6,9-11,16H,3-4,7-8,12-13H2,1H3,(H,21,23)(H,22,24). The largest absolute Gasteiger partial charge is 0.490 e. The molecule has 0 aliphatic heterocycles. The van der Waals surface area contributed by atoms with Crippen molar-refractivity contribution in [2.24, 2.45) is 0 Å². The maximum Gasteiger partial charge on any atom is 0.261 e. The normalized spacial score (nSPS) is 14.2. The van der Waals surface area contributed by atoms with E-state index in [4.69, 9.17) is 4.74 Å². The number of carbonyl (C=O) groups is 2. The zero-order valence-electron chi connectivity index (χ0n) is 14.9. The molecule has 2 aromatic rings. The van der Waals surface area contributed by atoms with E-state index in [2.05, 4.69) is 10.6 Å². The van der Waals surface area contributed by atoms with E-state index in [9.17, 15) is 9.59 Å². The van der Waals surface area contributed by atoms with E-state index in [1.54, 1.807) is 6.07 Å². The molecule has 0 spiro atoms. The van der Waals surface area contributed by atoms with Crippen LogP contribution in [0.15, 0.2) is 36.4 Å². The van der Waals surface area contributed by atoms with E-state index < -0.39 is 0 Å². The van der Waals surface area contributed by atoms with Gasteiger partial charge >= 0.3 is 0 Å². The quantitative estimate of drug-likeness (QED) is 0.782. The summed E-state index contributed by atoms with van der Waals surface area (Å²) in [6.07, 6.45) is 4.89. The van der Waals surface area contributed by atoms with E-state index in [0.29, 0.717) is 11.4 Å². The maximum atomic E-state index is 12.0. The highest BCUT2D eigenvalue weighted by molar-refractivity contribution is 7.13. The van der Waals surface area contributed by atoms with E-state index >= 15 is 0 Å². The van der Waals surface area contributed by atoms with Crippen LogP contribution in [-0.4, -0.2) is 24.5 Å². The molecule has 3 rings (SSSR count). The highest BCUT2D eigenvalue weighted by atomic mass is 32.1. The number of amides is 2. The van der Waals surface area contributed by atoms with Crippen LogP contribution >= 0.6 is 11.3 Å². The Morgan fingerprint density at radius 2 is 1.88 bits per heavy atom. The van der Waals surface area contributed by atoms with Crippen molar-refractivity contribution in [3.8, 4) is 5.75 Å². The van der Waals surface area contributed by atoms with Crippen molar-refractivity contribution in [1.82, 2.24) is 10.6 Å². The molecule has 1 aromatic carbocycles. The molecular weight excluding hydrogens is 348 g/mol. The SMILES string of the molecule is Cc1ccc(C(=O)NCC(=O)NCc2ccccc2OC2CCCC2)s1. The summed E-state index contributed by atoms with van der Waals surface area (Å²) in [5, 5.41) is 5.50. The first-order chi connectivity index (χ1) is 12.6. The third-order valence-corrected chi connectivity index (χ3v) is 5.42. The summed E-state index contributed by atoms with van der Waals surface area (Å²) in [6.45, 7) is 2.29. The zero-order chi connectivity index (χ0) is 18.4. The van der Waals surface area contributed by atoms with Crippen LogP contribution in [0.25, 0.3) is 0 Å². The van der Waals surface area contributed by atoms with E-state index in [1.165, 1.54) is 24.2 Å². The van der Waals surface area contributed by atoms with Crippen LogP contribution in [-0.2, 0) is 11.3 Å². The van der Waals surface area contributed by atoms with Crippen LogP contribution < -0.4 is 15.4 Å². The molecule has 26 heavy (non-hydrogen) atoms. The van der Waals surface area contributed by atoms with Gasteiger partial charge in [-0.1, -0.05) is 18.2 Å². The molecular formula is C20H24N2O3S. The van der Waals surface area contributed by atoms with Crippen molar-refractivity contribution < 1.29 is 14.3 Å². The molecule has 2 N–H and O–H groups in total. The van der Waals surface area contributed by atoms with Gasteiger partial charge < -0.3 is 15.4 Å². The number of hydrogen-bond acceptors (Lipinski definition) is 4. The molecule has 0 atom stereocenters. The summed E-state index contributed by atoms with van der Waals surface area (Å²) in [7, 11) is 0. The molecule has 0 bridgehead atoms. The molecule has 2 amide bonds. The highest BCUT2D eigenvalue weighted by Crippen LogP contribution is 2.26. The lowest BCUT2D eigenvalue weighted by atomic mass is 10.2. The van der Waals surface area contributed by atoms with Gasteiger partial charge in [0, 0.05) is 17.0 Å². The topological polar surface area (TPSA) is 67.4 Å². The average molecular weight is 372 g/mol. The van der Waals surface area contributed by atoms with Gasteiger partial charge in [-0.05, 0) is 50.8 Å². The number of thiophene rings is 1. The Kier molecular flexibility index (Phi) is 6.28. The van der Waals surface area contributed by atoms with Crippen molar-refractivity contribution in [2.75, 3.05) is 6.54 Å². The maximum absolute atomic E-state index is 12.0. The lowest BCUT2D eigenvalue weighted by Gasteiger charge is -2.16. The molecule has 0 radical (unpaired) electrons. The predicted octanol–water partition coefficient (Wildman–Crippen LogP) is 3.42.